The molecule has 2 aromatic carbocycles. The van der Waals surface area contributed by atoms with E-state index in [1.54, 1.807) is 24.3 Å². The second-order valence-corrected chi connectivity index (χ2v) is 6.65. The zero-order valence-corrected chi connectivity index (χ0v) is 14.5. The number of hydrogen-bond donors (Lipinski definition) is 0. The van der Waals surface area contributed by atoms with Crippen LogP contribution in [0.2, 0.25) is 10.0 Å². The second kappa shape index (κ2) is 6.91. The van der Waals surface area contributed by atoms with Gasteiger partial charge in [-0.3, -0.25) is 0 Å². The number of thioether (sulfide) groups is 1. The summed E-state index contributed by atoms with van der Waals surface area (Å²) in [5.41, 5.74) is 1.38. The highest BCUT2D eigenvalue weighted by atomic mass is 35.5. The standard InChI is InChI=1S/C16H12Cl2FN3S/c1-22-15(10-5-7-11(17)8-6-10)20-21-16(22)23-9-12-13(18)3-2-4-14(12)19/h2-8H,9H2,1H3. The largest absolute Gasteiger partial charge is 0.305 e. The normalized spacial score (nSPS) is 11.0. The van der Waals surface area contributed by atoms with Gasteiger partial charge in [-0.05, 0) is 36.4 Å². The highest BCUT2D eigenvalue weighted by Crippen LogP contribution is 2.29. The molecule has 0 unspecified atom stereocenters. The minimum absolute atomic E-state index is 0.315. The summed E-state index contributed by atoms with van der Waals surface area (Å²) in [6.07, 6.45) is 0. The molecular formula is C16H12Cl2FN3S. The molecule has 0 spiro atoms. The van der Waals surface area contributed by atoms with E-state index in [4.69, 9.17) is 23.2 Å². The Morgan fingerprint density at radius 2 is 1.83 bits per heavy atom. The van der Waals surface area contributed by atoms with Crippen LogP contribution in [-0.2, 0) is 12.8 Å². The summed E-state index contributed by atoms with van der Waals surface area (Å²) in [6, 6.07) is 12.0. The summed E-state index contributed by atoms with van der Waals surface area (Å²) in [6.45, 7) is 0. The maximum Gasteiger partial charge on any atom is 0.191 e. The van der Waals surface area contributed by atoms with Crippen LogP contribution in [0.4, 0.5) is 4.39 Å². The molecule has 0 aliphatic heterocycles. The average molecular weight is 368 g/mol. The van der Waals surface area contributed by atoms with E-state index < -0.39 is 0 Å². The van der Waals surface area contributed by atoms with Gasteiger partial charge in [-0.2, -0.15) is 0 Å². The Bertz CT molecular complexity index is 814. The molecular weight excluding hydrogens is 356 g/mol. The topological polar surface area (TPSA) is 30.7 Å². The smallest absolute Gasteiger partial charge is 0.191 e. The number of halogens is 3. The van der Waals surface area contributed by atoms with E-state index in [9.17, 15) is 4.39 Å². The van der Waals surface area contributed by atoms with E-state index in [1.807, 2.05) is 23.7 Å². The SMILES string of the molecule is Cn1c(SCc2c(F)cccc2Cl)nnc1-c1ccc(Cl)cc1. The third-order valence-electron chi connectivity index (χ3n) is 3.34. The highest BCUT2D eigenvalue weighted by Gasteiger charge is 2.13. The van der Waals surface area contributed by atoms with Gasteiger partial charge < -0.3 is 4.57 Å². The van der Waals surface area contributed by atoms with Crippen LogP contribution in [0.5, 0.6) is 0 Å². The van der Waals surface area contributed by atoms with Crippen molar-refractivity contribution < 1.29 is 4.39 Å². The fraction of sp³-hybridized carbons (Fsp3) is 0.125. The minimum atomic E-state index is -0.315. The van der Waals surface area contributed by atoms with Crippen LogP contribution in [0, 0.1) is 5.82 Å². The molecule has 0 saturated carbocycles. The molecule has 3 rings (SSSR count). The number of benzene rings is 2. The van der Waals surface area contributed by atoms with E-state index in [2.05, 4.69) is 10.2 Å². The molecule has 0 saturated heterocycles. The zero-order chi connectivity index (χ0) is 16.4. The van der Waals surface area contributed by atoms with Crippen molar-refractivity contribution in [2.24, 2.45) is 7.05 Å². The summed E-state index contributed by atoms with van der Waals surface area (Å²) < 4.78 is 15.7. The van der Waals surface area contributed by atoms with Gasteiger partial charge in [0.1, 0.15) is 5.82 Å². The van der Waals surface area contributed by atoms with Crippen LogP contribution in [0.15, 0.2) is 47.6 Å². The van der Waals surface area contributed by atoms with Crippen molar-refractivity contribution in [3.63, 3.8) is 0 Å². The quantitative estimate of drug-likeness (QED) is 0.592. The van der Waals surface area contributed by atoms with Gasteiger partial charge in [0.15, 0.2) is 11.0 Å². The Morgan fingerprint density at radius 1 is 1.09 bits per heavy atom. The molecule has 0 aliphatic carbocycles. The van der Waals surface area contributed by atoms with Crippen LogP contribution in [-0.4, -0.2) is 14.8 Å². The van der Waals surface area contributed by atoms with E-state index in [1.165, 1.54) is 17.8 Å². The van der Waals surface area contributed by atoms with Gasteiger partial charge in [-0.15, -0.1) is 10.2 Å². The van der Waals surface area contributed by atoms with Crippen molar-refractivity contribution in [2.75, 3.05) is 0 Å². The third-order valence-corrected chi connectivity index (χ3v) is 5.00. The molecule has 0 fully saturated rings. The Labute approximate surface area is 147 Å². The molecule has 23 heavy (non-hydrogen) atoms. The minimum Gasteiger partial charge on any atom is -0.305 e. The van der Waals surface area contributed by atoms with Gasteiger partial charge in [-0.1, -0.05) is 41.0 Å². The lowest BCUT2D eigenvalue weighted by atomic mass is 10.2. The van der Waals surface area contributed by atoms with Crippen molar-refractivity contribution in [1.29, 1.82) is 0 Å². The van der Waals surface area contributed by atoms with Crippen molar-refractivity contribution in [1.82, 2.24) is 14.8 Å². The lowest BCUT2D eigenvalue weighted by Crippen LogP contribution is -1.96. The van der Waals surface area contributed by atoms with Crippen molar-refractivity contribution >= 4 is 35.0 Å². The van der Waals surface area contributed by atoms with E-state index in [0.29, 0.717) is 26.5 Å². The van der Waals surface area contributed by atoms with Crippen molar-refractivity contribution in [2.45, 2.75) is 10.9 Å². The molecule has 0 amide bonds. The van der Waals surface area contributed by atoms with Crippen LogP contribution < -0.4 is 0 Å². The Kier molecular flexibility index (Phi) is 4.90. The third kappa shape index (κ3) is 3.52. The van der Waals surface area contributed by atoms with Gasteiger partial charge in [0, 0.05) is 34.0 Å². The van der Waals surface area contributed by atoms with E-state index >= 15 is 0 Å². The Hall–Kier alpha value is -1.56. The molecule has 0 aliphatic rings. The van der Waals surface area contributed by atoms with Crippen molar-refractivity contribution in [3.8, 4) is 11.4 Å². The first kappa shape index (κ1) is 16.3. The second-order valence-electron chi connectivity index (χ2n) is 4.86. The molecule has 1 aromatic heterocycles. The Balaban J connectivity index is 1.81. The Morgan fingerprint density at radius 3 is 2.52 bits per heavy atom. The van der Waals surface area contributed by atoms with Crippen molar-refractivity contribution in [3.05, 3.63) is 63.9 Å². The number of nitrogens with zero attached hydrogens (tertiary/aromatic N) is 3. The van der Waals surface area contributed by atoms with Gasteiger partial charge in [0.05, 0.1) is 0 Å². The average Bonchev–Trinajstić information content (AvgIpc) is 2.89. The van der Waals surface area contributed by atoms with Gasteiger partial charge in [0.2, 0.25) is 0 Å². The summed E-state index contributed by atoms with van der Waals surface area (Å²) in [5, 5.41) is 10.1. The van der Waals surface area contributed by atoms with E-state index in [0.717, 1.165) is 11.4 Å². The molecule has 3 aromatic rings. The lowest BCUT2D eigenvalue weighted by molar-refractivity contribution is 0.617. The van der Waals surface area contributed by atoms with E-state index in [-0.39, 0.29) is 5.82 Å². The highest BCUT2D eigenvalue weighted by molar-refractivity contribution is 7.98. The lowest BCUT2D eigenvalue weighted by Gasteiger charge is -2.06. The summed E-state index contributed by atoms with van der Waals surface area (Å²) in [7, 11) is 1.87. The van der Waals surface area contributed by atoms with Crippen LogP contribution >= 0.6 is 35.0 Å². The maximum atomic E-state index is 13.8. The van der Waals surface area contributed by atoms with Gasteiger partial charge >= 0.3 is 0 Å². The fourth-order valence-corrected chi connectivity index (χ4v) is 3.48. The molecule has 0 bridgehead atoms. The van der Waals surface area contributed by atoms with Gasteiger partial charge in [0.25, 0.3) is 0 Å². The van der Waals surface area contributed by atoms with Gasteiger partial charge in [-0.25, -0.2) is 4.39 Å². The molecule has 1 heterocycles. The summed E-state index contributed by atoms with van der Waals surface area (Å²) >= 11 is 13.3. The van der Waals surface area contributed by atoms with Crippen LogP contribution in [0.3, 0.4) is 0 Å². The first-order chi connectivity index (χ1) is 11.1. The predicted octanol–water partition coefficient (Wildman–Crippen LogP) is 5.22. The first-order valence-corrected chi connectivity index (χ1v) is 8.51. The summed E-state index contributed by atoms with van der Waals surface area (Å²) in [5.74, 6) is 0.798. The fourth-order valence-electron chi connectivity index (χ4n) is 2.10. The predicted molar refractivity (Wildman–Crippen MR) is 92.4 cm³/mol. The number of rotatable bonds is 4. The zero-order valence-electron chi connectivity index (χ0n) is 12.1. The number of aromatic nitrogens is 3. The molecule has 0 N–H and O–H groups in total. The number of hydrogen-bond acceptors (Lipinski definition) is 3. The molecule has 0 radical (unpaired) electrons. The first-order valence-electron chi connectivity index (χ1n) is 6.77. The monoisotopic (exact) mass is 367 g/mol. The molecule has 7 heteroatoms. The van der Waals surface area contributed by atoms with Crippen LogP contribution in [0.1, 0.15) is 5.56 Å². The molecule has 3 nitrogen and oxygen atoms in total. The molecule has 118 valence electrons. The summed E-state index contributed by atoms with van der Waals surface area (Å²) in [4.78, 5) is 0. The molecule has 0 atom stereocenters. The van der Waals surface area contributed by atoms with Crippen LogP contribution in [0.25, 0.3) is 11.4 Å². The maximum absolute atomic E-state index is 13.8.